The number of benzene rings is 1. The third-order valence-electron chi connectivity index (χ3n) is 2.50. The first kappa shape index (κ1) is 13.2. The predicted molar refractivity (Wildman–Crippen MR) is 76.7 cm³/mol. The number of nitrogens with two attached hydrogens (primary N) is 2. The van der Waals surface area contributed by atoms with E-state index in [1.807, 2.05) is 0 Å². The molecule has 4 N–H and O–H groups in total. The number of nitrogen functional groups attached to an aromatic ring is 2. The van der Waals surface area contributed by atoms with Gasteiger partial charge in [-0.2, -0.15) is 0 Å². The Morgan fingerprint density at radius 2 is 2.11 bits per heavy atom. The molecule has 1 aromatic carbocycles. The van der Waals surface area contributed by atoms with Gasteiger partial charge >= 0.3 is 5.97 Å². The number of anilines is 2. The van der Waals surface area contributed by atoms with Gasteiger partial charge in [-0.25, -0.2) is 4.79 Å². The molecule has 1 aromatic heterocycles. The number of fused-ring (bicyclic) bond motifs is 1. The molecule has 0 aliphatic carbocycles. The SMILES string of the molecule is CCOC(=O)C(=S)c1nnc2ccc(N)cc2c1N. The lowest BCUT2D eigenvalue weighted by Gasteiger charge is -2.08. The van der Waals surface area contributed by atoms with Crippen LogP contribution < -0.4 is 11.5 Å². The Morgan fingerprint density at radius 1 is 1.37 bits per heavy atom. The number of thiocarbonyl (C=S) groups is 1. The van der Waals surface area contributed by atoms with Crippen molar-refractivity contribution in [2.24, 2.45) is 0 Å². The Morgan fingerprint density at radius 3 is 2.79 bits per heavy atom. The number of carbonyl (C=O) groups is 1. The third-order valence-corrected chi connectivity index (χ3v) is 2.86. The lowest BCUT2D eigenvalue weighted by Crippen LogP contribution is -2.20. The molecule has 0 aliphatic rings. The van der Waals surface area contributed by atoms with Crippen LogP contribution in [0.1, 0.15) is 12.6 Å². The summed E-state index contributed by atoms with van der Waals surface area (Å²) < 4.78 is 4.82. The number of rotatable bonds is 3. The minimum absolute atomic E-state index is 0.0869. The second kappa shape index (κ2) is 5.15. The molecule has 0 bridgehead atoms. The van der Waals surface area contributed by atoms with Gasteiger partial charge in [0.1, 0.15) is 5.69 Å². The van der Waals surface area contributed by atoms with Gasteiger partial charge in [-0.3, -0.25) is 0 Å². The molecule has 98 valence electrons. The second-order valence-corrected chi connectivity index (χ2v) is 4.20. The Bertz CT molecular complexity index is 672. The molecule has 0 aliphatic heterocycles. The second-order valence-electron chi connectivity index (χ2n) is 3.79. The van der Waals surface area contributed by atoms with E-state index in [1.54, 1.807) is 25.1 Å². The van der Waals surface area contributed by atoms with Crippen LogP contribution in [-0.4, -0.2) is 27.6 Å². The van der Waals surface area contributed by atoms with E-state index in [0.717, 1.165) is 0 Å². The highest BCUT2D eigenvalue weighted by molar-refractivity contribution is 7.82. The summed E-state index contributed by atoms with van der Waals surface area (Å²) in [4.78, 5) is 11.5. The predicted octanol–water partition coefficient (Wildman–Crippen LogP) is 1.08. The van der Waals surface area contributed by atoms with E-state index in [9.17, 15) is 4.79 Å². The van der Waals surface area contributed by atoms with Crippen molar-refractivity contribution in [3.05, 3.63) is 23.9 Å². The van der Waals surface area contributed by atoms with Crippen molar-refractivity contribution in [3.63, 3.8) is 0 Å². The van der Waals surface area contributed by atoms with E-state index < -0.39 is 5.97 Å². The maximum atomic E-state index is 11.6. The molecule has 0 unspecified atom stereocenters. The van der Waals surface area contributed by atoms with Gasteiger partial charge in [0.05, 0.1) is 17.8 Å². The molecule has 0 saturated heterocycles. The maximum Gasteiger partial charge on any atom is 0.351 e. The number of hydrogen-bond donors (Lipinski definition) is 2. The first-order chi connectivity index (χ1) is 9.04. The lowest BCUT2D eigenvalue weighted by molar-refractivity contribution is -0.134. The highest BCUT2D eigenvalue weighted by Gasteiger charge is 2.19. The summed E-state index contributed by atoms with van der Waals surface area (Å²) in [6.07, 6.45) is 0. The summed E-state index contributed by atoms with van der Waals surface area (Å²) in [6.45, 7) is 1.92. The van der Waals surface area contributed by atoms with Crippen molar-refractivity contribution in [3.8, 4) is 0 Å². The van der Waals surface area contributed by atoms with Crippen LogP contribution in [0.4, 0.5) is 11.4 Å². The summed E-state index contributed by atoms with van der Waals surface area (Å²) >= 11 is 5.00. The quantitative estimate of drug-likeness (QED) is 0.374. The van der Waals surface area contributed by atoms with Crippen molar-refractivity contribution < 1.29 is 9.53 Å². The van der Waals surface area contributed by atoms with E-state index in [-0.39, 0.29) is 22.9 Å². The summed E-state index contributed by atoms with van der Waals surface area (Å²) in [5.74, 6) is -0.637. The number of ether oxygens (including phenoxy) is 1. The van der Waals surface area contributed by atoms with Crippen LogP contribution in [0.2, 0.25) is 0 Å². The first-order valence-corrected chi connectivity index (χ1v) is 5.98. The molecule has 0 amide bonds. The van der Waals surface area contributed by atoms with Crippen molar-refractivity contribution in [1.82, 2.24) is 10.2 Å². The van der Waals surface area contributed by atoms with E-state index in [0.29, 0.717) is 16.6 Å². The van der Waals surface area contributed by atoms with E-state index in [4.69, 9.17) is 28.4 Å². The molecule has 0 fully saturated rings. The van der Waals surface area contributed by atoms with Crippen LogP contribution in [0.15, 0.2) is 18.2 Å². The minimum Gasteiger partial charge on any atom is -0.462 e. The number of nitrogens with zero attached hydrogens (tertiary/aromatic N) is 2. The molecule has 0 saturated carbocycles. The third kappa shape index (κ3) is 2.45. The van der Waals surface area contributed by atoms with Crippen molar-refractivity contribution in [2.45, 2.75) is 6.92 Å². The van der Waals surface area contributed by atoms with Gasteiger partial charge in [0, 0.05) is 11.1 Å². The van der Waals surface area contributed by atoms with Crippen LogP contribution in [0.25, 0.3) is 10.9 Å². The van der Waals surface area contributed by atoms with Crippen molar-refractivity contribution in [1.29, 1.82) is 0 Å². The molecular formula is C12H12N4O2S. The maximum absolute atomic E-state index is 11.6. The first-order valence-electron chi connectivity index (χ1n) is 5.57. The highest BCUT2D eigenvalue weighted by Crippen LogP contribution is 2.24. The zero-order valence-electron chi connectivity index (χ0n) is 10.2. The minimum atomic E-state index is -0.637. The molecule has 6 nitrogen and oxygen atoms in total. The number of hydrogen-bond acceptors (Lipinski definition) is 7. The van der Waals surface area contributed by atoms with Crippen LogP contribution in [0.5, 0.6) is 0 Å². The van der Waals surface area contributed by atoms with Gasteiger partial charge in [-0.1, -0.05) is 12.2 Å². The van der Waals surface area contributed by atoms with Crippen LogP contribution in [-0.2, 0) is 9.53 Å². The lowest BCUT2D eigenvalue weighted by atomic mass is 10.1. The molecule has 7 heteroatoms. The van der Waals surface area contributed by atoms with Gasteiger partial charge in [-0.05, 0) is 25.1 Å². The smallest absolute Gasteiger partial charge is 0.351 e. The summed E-state index contributed by atoms with van der Waals surface area (Å²) in [5, 5.41) is 8.46. The van der Waals surface area contributed by atoms with Crippen LogP contribution in [0.3, 0.4) is 0 Å². The van der Waals surface area contributed by atoms with E-state index in [2.05, 4.69) is 10.2 Å². The normalized spacial score (nSPS) is 10.4. The summed E-state index contributed by atoms with van der Waals surface area (Å²) in [5.41, 5.74) is 13.2. The molecule has 0 spiro atoms. The highest BCUT2D eigenvalue weighted by atomic mass is 32.1. The Balaban J connectivity index is 2.53. The average Bonchev–Trinajstić information content (AvgIpc) is 2.39. The molecular weight excluding hydrogens is 264 g/mol. The van der Waals surface area contributed by atoms with Crippen molar-refractivity contribution in [2.75, 3.05) is 18.1 Å². The van der Waals surface area contributed by atoms with Gasteiger partial charge in [-0.15, -0.1) is 10.2 Å². The molecule has 1 heterocycles. The number of carbonyl (C=O) groups excluding carboxylic acids is 1. The van der Waals surface area contributed by atoms with Crippen LogP contribution in [0, 0.1) is 0 Å². The molecule has 2 rings (SSSR count). The Kier molecular flexibility index (Phi) is 3.57. The largest absolute Gasteiger partial charge is 0.462 e. The zero-order chi connectivity index (χ0) is 14.0. The Labute approximate surface area is 114 Å². The topological polar surface area (TPSA) is 104 Å². The average molecular weight is 276 g/mol. The fraction of sp³-hybridized carbons (Fsp3) is 0.167. The van der Waals surface area contributed by atoms with Crippen molar-refractivity contribution >= 4 is 45.3 Å². The fourth-order valence-electron chi connectivity index (χ4n) is 1.60. The molecule has 19 heavy (non-hydrogen) atoms. The van der Waals surface area contributed by atoms with E-state index >= 15 is 0 Å². The van der Waals surface area contributed by atoms with Gasteiger partial charge in [0.25, 0.3) is 0 Å². The van der Waals surface area contributed by atoms with E-state index in [1.165, 1.54) is 0 Å². The van der Waals surface area contributed by atoms with Gasteiger partial charge in [0.15, 0.2) is 4.86 Å². The summed E-state index contributed by atoms with van der Waals surface area (Å²) in [6, 6.07) is 5.06. The van der Waals surface area contributed by atoms with Crippen LogP contribution >= 0.6 is 12.2 Å². The summed E-state index contributed by atoms with van der Waals surface area (Å²) in [7, 11) is 0. The molecule has 0 radical (unpaired) electrons. The number of aromatic nitrogens is 2. The van der Waals surface area contributed by atoms with Gasteiger partial charge < -0.3 is 16.2 Å². The molecule has 2 aromatic rings. The standard InChI is InChI=1S/C12H12N4O2S/c1-2-18-12(17)11(19)10-9(14)7-5-6(13)3-4-8(7)15-16-10/h3-5H,2,13H2,1H3,(H2,14,15). The molecule has 0 atom stereocenters. The van der Waals surface area contributed by atoms with Gasteiger partial charge in [0.2, 0.25) is 0 Å². The fourth-order valence-corrected chi connectivity index (χ4v) is 1.81. The Hall–Kier alpha value is -2.28. The number of esters is 1. The zero-order valence-corrected chi connectivity index (χ0v) is 11.0. The monoisotopic (exact) mass is 276 g/mol.